The van der Waals surface area contributed by atoms with Crippen molar-refractivity contribution in [2.24, 2.45) is 0 Å². The molecule has 0 spiro atoms. The number of nitrogens with zero attached hydrogens (tertiary/aromatic N) is 1. The minimum absolute atomic E-state index is 0.148. The van der Waals surface area contributed by atoms with Gasteiger partial charge in [-0.1, -0.05) is 0 Å². The normalized spacial score (nSPS) is 26.3. The molecule has 3 heteroatoms. The summed E-state index contributed by atoms with van der Waals surface area (Å²) in [6.07, 6.45) is 5.00. The molecular formula is C19H33NSeSi. The van der Waals surface area contributed by atoms with Crippen LogP contribution in [0.25, 0.3) is 0 Å². The van der Waals surface area contributed by atoms with Gasteiger partial charge in [-0.25, -0.2) is 0 Å². The van der Waals surface area contributed by atoms with Crippen molar-refractivity contribution in [2.75, 3.05) is 6.54 Å². The van der Waals surface area contributed by atoms with Crippen molar-refractivity contribution in [1.82, 2.24) is 4.90 Å². The average molecular weight is 383 g/mol. The standard InChI is InChI=1S/C19H33NSeSi/c1-13(2)22(14(3)4,15(5)6)17-12-16(7)19(8)10-9-11-20(19)18(17)21/h12-15H,7,9-11H2,1-6,8H3. The van der Waals surface area contributed by atoms with E-state index in [1.807, 2.05) is 0 Å². The monoisotopic (exact) mass is 383 g/mol. The van der Waals surface area contributed by atoms with E-state index in [0.717, 1.165) is 16.6 Å². The second-order valence-corrected chi connectivity index (χ2v) is 15.0. The summed E-state index contributed by atoms with van der Waals surface area (Å²) < 4.78 is 1.44. The molecule has 2 aliphatic heterocycles. The van der Waals surface area contributed by atoms with Crippen molar-refractivity contribution >= 4 is 28.2 Å². The molecule has 0 saturated carbocycles. The van der Waals surface area contributed by atoms with Gasteiger partial charge in [-0.15, -0.1) is 0 Å². The van der Waals surface area contributed by atoms with Gasteiger partial charge in [0, 0.05) is 0 Å². The molecule has 2 heterocycles. The van der Waals surface area contributed by atoms with Crippen molar-refractivity contribution in [2.45, 2.75) is 83.5 Å². The maximum atomic E-state index is 4.48. The van der Waals surface area contributed by atoms with E-state index in [1.54, 1.807) is 5.20 Å². The summed E-state index contributed by atoms with van der Waals surface area (Å²) in [7, 11) is -1.63. The first kappa shape index (κ1) is 18.2. The summed E-state index contributed by atoms with van der Waals surface area (Å²) in [5.41, 5.74) is 3.69. The summed E-state index contributed by atoms with van der Waals surface area (Å²) in [5.74, 6) is 0. The van der Waals surface area contributed by atoms with Crippen LogP contribution >= 0.6 is 0 Å². The fourth-order valence-corrected chi connectivity index (χ4v) is 14.0. The maximum absolute atomic E-state index is 4.48. The van der Waals surface area contributed by atoms with Crippen LogP contribution in [0.4, 0.5) is 0 Å². The molecule has 0 aliphatic carbocycles. The Hall–Kier alpha value is -0.114. The zero-order chi connectivity index (χ0) is 16.9. The van der Waals surface area contributed by atoms with Gasteiger partial charge in [0.2, 0.25) is 0 Å². The topological polar surface area (TPSA) is 3.24 Å². The van der Waals surface area contributed by atoms with E-state index in [2.05, 4.69) is 81.6 Å². The molecule has 0 aromatic heterocycles. The Labute approximate surface area is 146 Å². The molecule has 1 atom stereocenters. The van der Waals surface area contributed by atoms with E-state index in [4.69, 9.17) is 0 Å². The molecule has 0 amide bonds. The Kier molecular flexibility index (Phi) is 5.03. The molecule has 1 nitrogen and oxygen atoms in total. The molecule has 124 valence electrons. The molecule has 0 radical (unpaired) electrons. The molecule has 22 heavy (non-hydrogen) atoms. The summed E-state index contributed by atoms with van der Waals surface area (Å²) in [6.45, 7) is 22.7. The molecule has 1 fully saturated rings. The van der Waals surface area contributed by atoms with Gasteiger partial charge in [0.25, 0.3) is 0 Å². The van der Waals surface area contributed by atoms with E-state index in [1.165, 1.54) is 29.5 Å². The first-order valence-electron chi connectivity index (χ1n) is 8.83. The van der Waals surface area contributed by atoms with Crippen molar-refractivity contribution in [3.05, 3.63) is 23.4 Å². The fraction of sp³-hybridized carbons (Fsp3) is 0.737. The van der Waals surface area contributed by atoms with Gasteiger partial charge in [-0.2, -0.15) is 0 Å². The van der Waals surface area contributed by atoms with E-state index in [-0.39, 0.29) is 5.54 Å². The Morgan fingerprint density at radius 1 is 1.14 bits per heavy atom. The first-order chi connectivity index (χ1) is 10.1. The molecule has 2 rings (SSSR count). The zero-order valence-corrected chi connectivity index (χ0v) is 18.2. The molecule has 2 aliphatic rings. The molecule has 0 bridgehead atoms. The van der Waals surface area contributed by atoms with E-state index < -0.39 is 8.07 Å². The molecular weight excluding hydrogens is 349 g/mol. The van der Waals surface area contributed by atoms with E-state index >= 15 is 0 Å². The van der Waals surface area contributed by atoms with Gasteiger partial charge in [0.15, 0.2) is 0 Å². The second kappa shape index (κ2) is 6.07. The number of fused-ring (bicyclic) bond motifs is 1. The third-order valence-corrected chi connectivity index (χ3v) is 14.8. The Bertz CT molecular complexity index is 496. The van der Waals surface area contributed by atoms with Crippen LogP contribution in [0.5, 0.6) is 0 Å². The van der Waals surface area contributed by atoms with Crippen LogP contribution in [0.1, 0.15) is 61.3 Å². The van der Waals surface area contributed by atoms with Crippen molar-refractivity contribution in [3.63, 3.8) is 0 Å². The third-order valence-electron chi connectivity index (χ3n) is 6.46. The quantitative estimate of drug-likeness (QED) is 0.628. The SMILES string of the molecule is C=C1C=C([Si](C(C)C)(C(C)C)C(C)C)C(=[Se])N2CCCC12C. The van der Waals surface area contributed by atoms with E-state index in [9.17, 15) is 0 Å². The molecule has 1 unspecified atom stereocenters. The summed E-state index contributed by atoms with van der Waals surface area (Å²) in [5, 5.41) is 1.64. The van der Waals surface area contributed by atoms with Gasteiger partial charge in [-0.05, 0) is 0 Å². The van der Waals surface area contributed by atoms with Crippen molar-refractivity contribution in [3.8, 4) is 0 Å². The Morgan fingerprint density at radius 3 is 2.09 bits per heavy atom. The zero-order valence-electron chi connectivity index (χ0n) is 15.5. The predicted octanol–water partition coefficient (Wildman–Crippen LogP) is 4.85. The fourth-order valence-electron chi connectivity index (χ4n) is 5.40. The Balaban J connectivity index is 2.63. The molecule has 0 aromatic rings. The molecule has 0 aromatic carbocycles. The number of rotatable bonds is 4. The average Bonchev–Trinajstić information content (AvgIpc) is 2.79. The summed E-state index contributed by atoms with van der Waals surface area (Å²) in [4.78, 5) is 2.62. The van der Waals surface area contributed by atoms with Crippen LogP contribution in [0.3, 0.4) is 0 Å². The summed E-state index contributed by atoms with van der Waals surface area (Å²) >= 11 is 3.48. The van der Waals surface area contributed by atoms with Crippen LogP contribution in [0, 0.1) is 0 Å². The van der Waals surface area contributed by atoms with Gasteiger partial charge in [0.05, 0.1) is 0 Å². The van der Waals surface area contributed by atoms with Gasteiger partial charge >= 0.3 is 147 Å². The van der Waals surface area contributed by atoms with Crippen LogP contribution < -0.4 is 0 Å². The Morgan fingerprint density at radius 2 is 1.64 bits per heavy atom. The third kappa shape index (κ3) is 2.35. The first-order valence-corrected chi connectivity index (χ1v) is 11.9. The van der Waals surface area contributed by atoms with E-state index in [0.29, 0.717) is 0 Å². The van der Waals surface area contributed by atoms with Gasteiger partial charge in [0.1, 0.15) is 0 Å². The number of hydrogen-bond donors (Lipinski definition) is 0. The predicted molar refractivity (Wildman–Crippen MR) is 103 cm³/mol. The van der Waals surface area contributed by atoms with Gasteiger partial charge in [-0.3, -0.25) is 0 Å². The van der Waals surface area contributed by atoms with Crippen LogP contribution in [0.15, 0.2) is 23.4 Å². The van der Waals surface area contributed by atoms with Gasteiger partial charge < -0.3 is 0 Å². The van der Waals surface area contributed by atoms with Crippen molar-refractivity contribution in [1.29, 1.82) is 0 Å². The molecule has 0 N–H and O–H groups in total. The van der Waals surface area contributed by atoms with Crippen LogP contribution in [-0.4, -0.2) is 45.2 Å². The van der Waals surface area contributed by atoms with Crippen molar-refractivity contribution < 1.29 is 0 Å². The van der Waals surface area contributed by atoms with Crippen LogP contribution in [-0.2, 0) is 0 Å². The van der Waals surface area contributed by atoms with Crippen LogP contribution in [0.2, 0.25) is 16.6 Å². The molecule has 1 saturated heterocycles. The second-order valence-electron chi connectivity index (χ2n) is 8.31. The number of hydrogen-bond acceptors (Lipinski definition) is 1. The minimum atomic E-state index is -1.63. The summed E-state index contributed by atoms with van der Waals surface area (Å²) in [6, 6.07) is 0.